The van der Waals surface area contributed by atoms with Gasteiger partial charge in [-0.25, -0.2) is 9.59 Å². The molecule has 30 heavy (non-hydrogen) atoms. The molecule has 0 saturated carbocycles. The number of rotatable bonds is 9. The van der Waals surface area contributed by atoms with Crippen molar-refractivity contribution in [2.45, 2.75) is 32.0 Å². The molecule has 0 spiro atoms. The molecule has 8 heteroatoms. The Kier molecular flexibility index (Phi) is 8.83. The van der Waals surface area contributed by atoms with E-state index in [9.17, 15) is 19.5 Å². The standard InChI is InChI=1S/C22H26N2O6/c1-15-7-6-10-17(11-15)12-18(21(27)29-2)23-20(26)19(13-25)24-22(28)30-14-16-8-4-3-5-9-16/h3-11,18-19,25H,12-14H2,1-2H3,(H,23,26)(H,24,28)/t18-,19-/m0/s1. The molecular weight excluding hydrogens is 388 g/mol. The predicted molar refractivity (Wildman–Crippen MR) is 109 cm³/mol. The number of aliphatic hydroxyl groups is 1. The highest BCUT2D eigenvalue weighted by Crippen LogP contribution is 2.08. The molecule has 8 nitrogen and oxygen atoms in total. The first-order valence-corrected chi connectivity index (χ1v) is 9.44. The highest BCUT2D eigenvalue weighted by molar-refractivity contribution is 5.89. The number of hydrogen-bond acceptors (Lipinski definition) is 6. The number of aryl methyl sites for hydroxylation is 1. The van der Waals surface area contributed by atoms with Crippen LogP contribution in [-0.2, 0) is 32.1 Å². The fourth-order valence-corrected chi connectivity index (χ4v) is 2.78. The van der Waals surface area contributed by atoms with Crippen LogP contribution in [0, 0.1) is 6.92 Å². The van der Waals surface area contributed by atoms with Gasteiger partial charge in [0.05, 0.1) is 13.7 Å². The van der Waals surface area contributed by atoms with E-state index in [1.807, 2.05) is 49.4 Å². The number of carbonyl (C=O) groups excluding carboxylic acids is 3. The normalized spacial score (nSPS) is 12.4. The first-order valence-electron chi connectivity index (χ1n) is 9.44. The Labute approximate surface area is 175 Å². The number of amides is 2. The number of hydrogen-bond donors (Lipinski definition) is 3. The van der Waals surface area contributed by atoms with Crippen LogP contribution in [0.4, 0.5) is 4.79 Å². The molecular formula is C22H26N2O6. The molecule has 160 valence electrons. The van der Waals surface area contributed by atoms with Crippen LogP contribution in [0.25, 0.3) is 0 Å². The van der Waals surface area contributed by atoms with Gasteiger partial charge in [0, 0.05) is 6.42 Å². The molecule has 0 saturated heterocycles. The van der Waals surface area contributed by atoms with Crippen LogP contribution in [0.2, 0.25) is 0 Å². The van der Waals surface area contributed by atoms with Gasteiger partial charge >= 0.3 is 12.1 Å². The second-order valence-corrected chi connectivity index (χ2v) is 6.72. The third-order valence-corrected chi connectivity index (χ3v) is 4.33. The van der Waals surface area contributed by atoms with Crippen molar-refractivity contribution in [1.82, 2.24) is 10.6 Å². The minimum absolute atomic E-state index is 0.0184. The van der Waals surface area contributed by atoms with Gasteiger partial charge in [0.2, 0.25) is 5.91 Å². The third-order valence-electron chi connectivity index (χ3n) is 4.33. The van der Waals surface area contributed by atoms with Crippen molar-refractivity contribution >= 4 is 18.0 Å². The third kappa shape index (κ3) is 7.21. The Hall–Kier alpha value is -3.39. The molecule has 0 aliphatic carbocycles. The molecule has 3 N–H and O–H groups in total. The van der Waals surface area contributed by atoms with E-state index in [0.29, 0.717) is 0 Å². The molecule has 0 aliphatic heterocycles. The van der Waals surface area contributed by atoms with Crippen LogP contribution >= 0.6 is 0 Å². The molecule has 2 aromatic rings. The Morgan fingerprint density at radius 1 is 0.967 bits per heavy atom. The smallest absolute Gasteiger partial charge is 0.408 e. The maximum Gasteiger partial charge on any atom is 0.408 e. The van der Waals surface area contributed by atoms with Gasteiger partial charge in [-0.1, -0.05) is 60.2 Å². The summed E-state index contributed by atoms with van der Waals surface area (Å²) in [6.45, 7) is 1.27. The van der Waals surface area contributed by atoms with E-state index in [1.165, 1.54) is 7.11 Å². The molecule has 0 aliphatic rings. The molecule has 0 unspecified atom stereocenters. The molecule has 0 radical (unpaired) electrons. The summed E-state index contributed by atoms with van der Waals surface area (Å²) in [4.78, 5) is 36.6. The average molecular weight is 414 g/mol. The van der Waals surface area contributed by atoms with E-state index in [2.05, 4.69) is 10.6 Å². The number of nitrogens with one attached hydrogen (secondary N) is 2. The second-order valence-electron chi connectivity index (χ2n) is 6.72. The van der Waals surface area contributed by atoms with Gasteiger partial charge in [0.25, 0.3) is 0 Å². The highest BCUT2D eigenvalue weighted by atomic mass is 16.5. The second kappa shape index (κ2) is 11.6. The van der Waals surface area contributed by atoms with E-state index < -0.39 is 36.7 Å². The minimum atomic E-state index is -1.28. The van der Waals surface area contributed by atoms with Gasteiger partial charge in [0.1, 0.15) is 18.7 Å². The number of aliphatic hydroxyl groups excluding tert-OH is 1. The summed E-state index contributed by atoms with van der Waals surface area (Å²) in [6.07, 6.45) is -0.655. The Morgan fingerprint density at radius 3 is 2.30 bits per heavy atom. The van der Waals surface area contributed by atoms with Crippen molar-refractivity contribution in [2.24, 2.45) is 0 Å². The topological polar surface area (TPSA) is 114 Å². The van der Waals surface area contributed by atoms with Crippen molar-refractivity contribution < 1.29 is 29.0 Å². The Balaban J connectivity index is 1.95. The van der Waals surface area contributed by atoms with E-state index in [0.717, 1.165) is 16.7 Å². The lowest BCUT2D eigenvalue weighted by Crippen LogP contribution is -2.54. The van der Waals surface area contributed by atoms with E-state index in [-0.39, 0.29) is 13.0 Å². The zero-order valence-corrected chi connectivity index (χ0v) is 17.0. The fourth-order valence-electron chi connectivity index (χ4n) is 2.78. The molecule has 0 fully saturated rings. The Bertz CT molecular complexity index is 856. The highest BCUT2D eigenvalue weighted by Gasteiger charge is 2.27. The monoisotopic (exact) mass is 414 g/mol. The molecule has 2 amide bonds. The van der Waals surface area contributed by atoms with Crippen LogP contribution in [0.1, 0.15) is 16.7 Å². The van der Waals surface area contributed by atoms with Gasteiger partial charge in [-0.3, -0.25) is 4.79 Å². The van der Waals surface area contributed by atoms with Crippen molar-refractivity contribution in [3.63, 3.8) is 0 Å². The van der Waals surface area contributed by atoms with E-state index in [1.54, 1.807) is 12.1 Å². The molecule has 0 heterocycles. The summed E-state index contributed by atoms with van der Waals surface area (Å²) in [5, 5.41) is 14.3. The van der Waals surface area contributed by atoms with Gasteiger partial charge in [0.15, 0.2) is 0 Å². The lowest BCUT2D eigenvalue weighted by molar-refractivity contribution is -0.145. The van der Waals surface area contributed by atoms with Crippen LogP contribution < -0.4 is 10.6 Å². The van der Waals surface area contributed by atoms with Crippen LogP contribution in [0.3, 0.4) is 0 Å². The number of ether oxygens (including phenoxy) is 2. The van der Waals surface area contributed by atoms with Crippen molar-refractivity contribution in [1.29, 1.82) is 0 Å². The number of alkyl carbamates (subject to hydrolysis) is 1. The van der Waals surface area contributed by atoms with E-state index in [4.69, 9.17) is 9.47 Å². The number of methoxy groups -OCH3 is 1. The van der Waals surface area contributed by atoms with Crippen molar-refractivity contribution in [3.8, 4) is 0 Å². The maximum absolute atomic E-state index is 12.5. The number of carbonyl (C=O) groups is 3. The SMILES string of the molecule is COC(=O)[C@H](Cc1cccc(C)c1)NC(=O)[C@H](CO)NC(=O)OCc1ccccc1. The summed E-state index contributed by atoms with van der Waals surface area (Å²) in [6, 6.07) is 14.3. The zero-order valence-electron chi connectivity index (χ0n) is 17.0. The molecule has 0 bridgehead atoms. The largest absolute Gasteiger partial charge is 0.467 e. The summed E-state index contributed by atoms with van der Waals surface area (Å²) >= 11 is 0. The lowest BCUT2D eigenvalue weighted by atomic mass is 10.0. The van der Waals surface area contributed by atoms with E-state index >= 15 is 0 Å². The minimum Gasteiger partial charge on any atom is -0.467 e. The summed E-state index contributed by atoms with van der Waals surface area (Å²) in [5.74, 6) is -1.36. The van der Waals surface area contributed by atoms with Gasteiger partial charge in [-0.2, -0.15) is 0 Å². The first-order chi connectivity index (χ1) is 14.4. The predicted octanol–water partition coefficient (Wildman–Crippen LogP) is 1.48. The summed E-state index contributed by atoms with van der Waals surface area (Å²) < 4.78 is 9.83. The first kappa shape index (κ1) is 22.9. The fraction of sp³-hybridized carbons (Fsp3) is 0.318. The maximum atomic E-state index is 12.5. The lowest BCUT2D eigenvalue weighted by Gasteiger charge is -2.21. The average Bonchev–Trinajstić information content (AvgIpc) is 2.75. The molecule has 2 rings (SSSR count). The van der Waals surface area contributed by atoms with Crippen molar-refractivity contribution in [2.75, 3.05) is 13.7 Å². The number of benzene rings is 2. The van der Waals surface area contributed by atoms with Crippen LogP contribution in [0.5, 0.6) is 0 Å². The molecule has 2 atom stereocenters. The molecule has 2 aromatic carbocycles. The van der Waals surface area contributed by atoms with Gasteiger partial charge in [-0.05, 0) is 18.1 Å². The quantitative estimate of drug-likeness (QED) is 0.536. The number of esters is 1. The van der Waals surface area contributed by atoms with Crippen LogP contribution in [0.15, 0.2) is 54.6 Å². The van der Waals surface area contributed by atoms with Crippen molar-refractivity contribution in [3.05, 3.63) is 71.3 Å². The summed E-state index contributed by atoms with van der Waals surface area (Å²) in [7, 11) is 1.22. The van der Waals surface area contributed by atoms with Crippen LogP contribution in [-0.4, -0.2) is 48.9 Å². The van der Waals surface area contributed by atoms with Gasteiger partial charge < -0.3 is 25.2 Å². The molecule has 0 aromatic heterocycles. The summed E-state index contributed by atoms with van der Waals surface area (Å²) in [5.41, 5.74) is 2.63. The van der Waals surface area contributed by atoms with Gasteiger partial charge in [-0.15, -0.1) is 0 Å². The Morgan fingerprint density at radius 2 is 1.67 bits per heavy atom. The zero-order chi connectivity index (χ0) is 21.9.